The van der Waals surface area contributed by atoms with E-state index in [-0.39, 0.29) is 35.7 Å². The molecule has 9 heteroatoms. The number of hydrogen-bond donors (Lipinski definition) is 2. The molecule has 0 aliphatic carbocycles. The minimum absolute atomic E-state index is 0. The van der Waals surface area contributed by atoms with Crippen molar-refractivity contribution >= 4 is 35.8 Å². The molecule has 30 heavy (non-hydrogen) atoms. The van der Waals surface area contributed by atoms with Crippen LogP contribution in [0.3, 0.4) is 0 Å². The lowest BCUT2D eigenvalue weighted by molar-refractivity contribution is 0.0925. The van der Waals surface area contributed by atoms with Crippen LogP contribution < -0.4 is 15.4 Å². The number of ether oxygens (including phenoxy) is 1. The van der Waals surface area contributed by atoms with Gasteiger partial charge in [-0.1, -0.05) is 0 Å². The molecule has 0 spiro atoms. The van der Waals surface area contributed by atoms with Gasteiger partial charge in [0, 0.05) is 32.2 Å². The van der Waals surface area contributed by atoms with Gasteiger partial charge in [-0.25, -0.2) is 4.39 Å². The van der Waals surface area contributed by atoms with Gasteiger partial charge >= 0.3 is 0 Å². The van der Waals surface area contributed by atoms with Gasteiger partial charge in [0.25, 0.3) is 5.91 Å². The molecule has 1 amide bonds. The van der Waals surface area contributed by atoms with E-state index in [0.717, 1.165) is 18.1 Å². The summed E-state index contributed by atoms with van der Waals surface area (Å²) in [7, 11) is 1.93. The van der Waals surface area contributed by atoms with Crippen LogP contribution in [-0.4, -0.2) is 56.6 Å². The zero-order valence-electron chi connectivity index (χ0n) is 17.6. The topological polar surface area (TPSA) is 79.1 Å². The molecular formula is C21H30FIN4O3. The maximum absolute atomic E-state index is 12.9. The number of amides is 1. The van der Waals surface area contributed by atoms with E-state index in [1.807, 2.05) is 25.8 Å². The second-order valence-corrected chi connectivity index (χ2v) is 6.50. The van der Waals surface area contributed by atoms with Crippen LogP contribution in [0, 0.1) is 12.7 Å². The van der Waals surface area contributed by atoms with Gasteiger partial charge in [0.15, 0.2) is 11.7 Å². The van der Waals surface area contributed by atoms with E-state index < -0.39 is 0 Å². The van der Waals surface area contributed by atoms with Gasteiger partial charge < -0.3 is 24.7 Å². The fourth-order valence-corrected chi connectivity index (χ4v) is 2.56. The van der Waals surface area contributed by atoms with Crippen molar-refractivity contribution < 1.29 is 18.3 Å². The summed E-state index contributed by atoms with van der Waals surface area (Å²) in [4.78, 5) is 18.5. The summed E-state index contributed by atoms with van der Waals surface area (Å²) in [6.45, 7) is 6.74. The monoisotopic (exact) mass is 532 g/mol. The molecule has 0 bridgehead atoms. The highest BCUT2D eigenvalue weighted by molar-refractivity contribution is 14.0. The third kappa shape index (κ3) is 8.60. The van der Waals surface area contributed by atoms with Crippen molar-refractivity contribution in [3.63, 3.8) is 0 Å². The van der Waals surface area contributed by atoms with E-state index in [9.17, 15) is 9.18 Å². The summed E-state index contributed by atoms with van der Waals surface area (Å²) in [5.41, 5.74) is 0.819. The third-order valence-electron chi connectivity index (χ3n) is 4.16. The molecule has 0 saturated carbocycles. The molecule has 2 rings (SSSR count). The SMILES string of the molecule is CCNC(=NCCCNC(=O)c1occc1C)N(C)CCOc1ccc(F)cc1.I. The molecule has 1 heterocycles. The zero-order chi connectivity index (χ0) is 21.1. The van der Waals surface area contributed by atoms with Crippen molar-refractivity contribution in [2.45, 2.75) is 20.3 Å². The summed E-state index contributed by atoms with van der Waals surface area (Å²) in [5.74, 6) is 1.25. The number of carbonyl (C=O) groups is 1. The number of benzene rings is 1. The standard InChI is InChI=1S/C21H29FN4O3.HI/c1-4-23-21(26(3)13-15-28-18-8-6-17(22)7-9-18)25-12-5-11-24-20(27)19-16(2)10-14-29-19;/h6-10,14H,4-5,11-13,15H2,1-3H3,(H,23,25)(H,24,27);1H. The highest BCUT2D eigenvalue weighted by Gasteiger charge is 2.11. The molecule has 0 aliphatic rings. The third-order valence-corrected chi connectivity index (χ3v) is 4.16. The summed E-state index contributed by atoms with van der Waals surface area (Å²) < 4.78 is 23.7. The quantitative estimate of drug-likeness (QED) is 0.212. The predicted octanol–water partition coefficient (Wildman–Crippen LogP) is 3.44. The molecule has 2 N–H and O–H groups in total. The van der Waals surface area contributed by atoms with E-state index in [2.05, 4.69) is 15.6 Å². The lowest BCUT2D eigenvalue weighted by Crippen LogP contribution is -2.41. The number of aryl methyl sites for hydroxylation is 1. The maximum Gasteiger partial charge on any atom is 0.287 e. The molecule has 0 saturated heterocycles. The Morgan fingerprint density at radius 1 is 1.23 bits per heavy atom. The predicted molar refractivity (Wildman–Crippen MR) is 126 cm³/mol. The number of hydrogen-bond acceptors (Lipinski definition) is 4. The number of guanidine groups is 1. The molecular weight excluding hydrogens is 502 g/mol. The molecule has 0 aliphatic heterocycles. The lowest BCUT2D eigenvalue weighted by Gasteiger charge is -2.22. The Labute approximate surface area is 194 Å². The fraction of sp³-hybridized carbons (Fsp3) is 0.429. The fourth-order valence-electron chi connectivity index (χ4n) is 2.56. The molecule has 0 atom stereocenters. The molecule has 0 unspecified atom stereocenters. The van der Waals surface area contributed by atoms with Gasteiger partial charge in [0.2, 0.25) is 0 Å². The highest BCUT2D eigenvalue weighted by atomic mass is 127. The number of likely N-dealkylation sites (N-methyl/N-ethyl adjacent to an activating group) is 1. The van der Waals surface area contributed by atoms with Crippen LogP contribution in [0.25, 0.3) is 0 Å². The molecule has 1 aromatic carbocycles. The molecule has 166 valence electrons. The number of nitrogens with zero attached hydrogens (tertiary/aromatic N) is 2. The zero-order valence-corrected chi connectivity index (χ0v) is 19.9. The van der Waals surface area contributed by atoms with E-state index in [1.165, 1.54) is 18.4 Å². The van der Waals surface area contributed by atoms with Crippen molar-refractivity contribution in [3.05, 3.63) is 53.7 Å². The summed E-state index contributed by atoms with van der Waals surface area (Å²) in [5, 5.41) is 6.07. The van der Waals surface area contributed by atoms with E-state index >= 15 is 0 Å². The highest BCUT2D eigenvalue weighted by Crippen LogP contribution is 2.11. The smallest absolute Gasteiger partial charge is 0.287 e. The van der Waals surface area contributed by atoms with Crippen LogP contribution in [0.4, 0.5) is 4.39 Å². The lowest BCUT2D eigenvalue weighted by atomic mass is 10.2. The van der Waals surface area contributed by atoms with Crippen LogP contribution in [0.1, 0.15) is 29.5 Å². The van der Waals surface area contributed by atoms with E-state index in [1.54, 1.807) is 18.2 Å². The van der Waals surface area contributed by atoms with Gasteiger partial charge in [-0.3, -0.25) is 9.79 Å². The van der Waals surface area contributed by atoms with E-state index in [0.29, 0.717) is 44.2 Å². The van der Waals surface area contributed by atoms with Crippen molar-refractivity contribution in [1.82, 2.24) is 15.5 Å². The first-order valence-corrected chi connectivity index (χ1v) is 9.71. The van der Waals surface area contributed by atoms with Crippen LogP contribution >= 0.6 is 24.0 Å². The maximum atomic E-state index is 12.9. The van der Waals surface area contributed by atoms with Gasteiger partial charge in [-0.15, -0.1) is 24.0 Å². The Bertz CT molecular complexity index is 796. The molecule has 2 aromatic rings. The number of halogens is 2. The van der Waals surface area contributed by atoms with Gasteiger partial charge in [-0.2, -0.15) is 0 Å². The summed E-state index contributed by atoms with van der Waals surface area (Å²) in [6.07, 6.45) is 2.22. The van der Waals surface area contributed by atoms with Crippen LogP contribution in [0.15, 0.2) is 46.0 Å². The van der Waals surface area contributed by atoms with Gasteiger partial charge in [0.05, 0.1) is 12.8 Å². The first-order chi connectivity index (χ1) is 14.0. The number of rotatable bonds is 10. The van der Waals surface area contributed by atoms with Crippen molar-refractivity contribution in [1.29, 1.82) is 0 Å². The Morgan fingerprint density at radius 3 is 2.60 bits per heavy atom. The second-order valence-electron chi connectivity index (χ2n) is 6.50. The van der Waals surface area contributed by atoms with Crippen LogP contribution in [-0.2, 0) is 0 Å². The Hall–Kier alpha value is -2.30. The molecule has 7 nitrogen and oxygen atoms in total. The average Bonchev–Trinajstić information content (AvgIpc) is 3.14. The normalized spacial score (nSPS) is 10.9. The first kappa shape index (κ1) is 25.7. The van der Waals surface area contributed by atoms with Crippen molar-refractivity contribution in [2.24, 2.45) is 4.99 Å². The Balaban J connectivity index is 0.00000450. The number of furan rings is 1. The Kier molecular flexibility index (Phi) is 11.9. The number of aliphatic imine (C=N–C) groups is 1. The molecule has 0 radical (unpaired) electrons. The largest absolute Gasteiger partial charge is 0.492 e. The Morgan fingerprint density at radius 2 is 1.97 bits per heavy atom. The van der Waals surface area contributed by atoms with Crippen LogP contribution in [0.5, 0.6) is 5.75 Å². The molecule has 0 fully saturated rings. The minimum atomic E-state index is -0.286. The van der Waals surface area contributed by atoms with Crippen LogP contribution in [0.2, 0.25) is 0 Å². The van der Waals surface area contributed by atoms with E-state index in [4.69, 9.17) is 9.15 Å². The average molecular weight is 532 g/mol. The van der Waals surface area contributed by atoms with Gasteiger partial charge in [0.1, 0.15) is 18.2 Å². The molecule has 1 aromatic heterocycles. The summed E-state index contributed by atoms with van der Waals surface area (Å²) >= 11 is 0. The second kappa shape index (κ2) is 13.8. The summed E-state index contributed by atoms with van der Waals surface area (Å²) in [6, 6.07) is 7.71. The minimum Gasteiger partial charge on any atom is -0.492 e. The van der Waals surface area contributed by atoms with Gasteiger partial charge in [-0.05, 0) is 50.6 Å². The first-order valence-electron chi connectivity index (χ1n) is 9.71. The van der Waals surface area contributed by atoms with Crippen molar-refractivity contribution in [3.8, 4) is 5.75 Å². The number of carbonyl (C=O) groups excluding carboxylic acids is 1. The van der Waals surface area contributed by atoms with Crippen molar-refractivity contribution in [2.75, 3.05) is 39.8 Å². The number of nitrogens with one attached hydrogen (secondary N) is 2.